The van der Waals surface area contributed by atoms with E-state index in [0.29, 0.717) is 6.07 Å². The second-order valence-electron chi connectivity index (χ2n) is 6.13. The van der Waals surface area contributed by atoms with E-state index in [-0.39, 0.29) is 30.4 Å². The van der Waals surface area contributed by atoms with Crippen LogP contribution in [0.5, 0.6) is 0 Å². The minimum Gasteiger partial charge on any atom is -0.229 e. The first-order valence-electron chi connectivity index (χ1n) is 7.19. The van der Waals surface area contributed by atoms with Crippen molar-refractivity contribution in [1.82, 2.24) is 4.31 Å². The van der Waals surface area contributed by atoms with Crippen LogP contribution in [0.3, 0.4) is 0 Å². The maximum atomic E-state index is 13.4. The number of hydrogen-bond acceptors (Lipinski definition) is 4. The molecule has 0 bridgehead atoms. The zero-order valence-corrected chi connectivity index (χ0v) is 14.5. The van der Waals surface area contributed by atoms with Gasteiger partial charge in [-0.3, -0.25) is 0 Å². The fourth-order valence-corrected chi connectivity index (χ4v) is 6.30. The van der Waals surface area contributed by atoms with Crippen molar-refractivity contribution in [3.8, 4) is 0 Å². The van der Waals surface area contributed by atoms with Crippen molar-refractivity contribution in [2.24, 2.45) is 5.92 Å². The molecule has 0 N–H and O–H groups in total. The Morgan fingerprint density at radius 1 is 1.22 bits per heavy atom. The summed E-state index contributed by atoms with van der Waals surface area (Å²) in [6.45, 7) is 3.66. The van der Waals surface area contributed by atoms with Crippen molar-refractivity contribution in [1.29, 1.82) is 0 Å². The van der Waals surface area contributed by atoms with E-state index in [1.165, 1.54) is 0 Å². The van der Waals surface area contributed by atoms with Gasteiger partial charge in [0.25, 0.3) is 0 Å². The van der Waals surface area contributed by atoms with Crippen molar-refractivity contribution >= 4 is 19.9 Å². The van der Waals surface area contributed by atoms with E-state index in [1.54, 1.807) is 13.8 Å². The molecule has 0 amide bonds. The Balaban J connectivity index is 2.45. The molecule has 0 unspecified atom stereocenters. The predicted octanol–water partition coefficient (Wildman–Crippen LogP) is 1.80. The van der Waals surface area contributed by atoms with Gasteiger partial charge in [-0.15, -0.1) is 0 Å². The van der Waals surface area contributed by atoms with E-state index in [9.17, 15) is 25.6 Å². The Kier molecular flexibility index (Phi) is 5.12. The molecule has 0 aromatic heterocycles. The Bertz CT molecular complexity index is 771. The summed E-state index contributed by atoms with van der Waals surface area (Å²) in [5.74, 6) is -2.40. The van der Waals surface area contributed by atoms with Crippen LogP contribution >= 0.6 is 0 Å². The predicted molar refractivity (Wildman–Crippen MR) is 82.1 cm³/mol. The highest BCUT2D eigenvalue weighted by molar-refractivity contribution is 7.92. The van der Waals surface area contributed by atoms with Gasteiger partial charge in [0, 0.05) is 18.7 Å². The molecule has 2 rings (SSSR count). The minimum absolute atomic E-state index is 0.0634. The number of benzene rings is 1. The lowest BCUT2D eigenvalue weighted by molar-refractivity contribution is 0.307. The summed E-state index contributed by atoms with van der Waals surface area (Å²) in [7, 11) is -7.48. The number of sulfone groups is 1. The molecule has 1 aromatic rings. The third-order valence-corrected chi connectivity index (χ3v) is 7.25. The van der Waals surface area contributed by atoms with E-state index in [4.69, 9.17) is 0 Å². The molecule has 130 valence electrons. The van der Waals surface area contributed by atoms with Gasteiger partial charge in [0.2, 0.25) is 10.0 Å². The molecule has 9 heteroatoms. The van der Waals surface area contributed by atoms with E-state index < -0.39 is 42.4 Å². The largest absolute Gasteiger partial charge is 0.243 e. The van der Waals surface area contributed by atoms with Gasteiger partial charge in [0.15, 0.2) is 9.84 Å². The lowest BCUT2D eigenvalue weighted by Crippen LogP contribution is -2.43. The first-order valence-corrected chi connectivity index (χ1v) is 10.5. The van der Waals surface area contributed by atoms with Crippen molar-refractivity contribution in [3.05, 3.63) is 29.8 Å². The molecule has 0 saturated carbocycles. The van der Waals surface area contributed by atoms with Crippen LogP contribution in [0.1, 0.15) is 20.3 Å². The smallest absolute Gasteiger partial charge is 0.229 e. The Morgan fingerprint density at radius 2 is 1.78 bits per heavy atom. The molecule has 1 aliphatic heterocycles. The molecule has 1 aliphatic rings. The topological polar surface area (TPSA) is 71.5 Å². The van der Waals surface area contributed by atoms with Gasteiger partial charge in [-0.2, -0.15) is 4.31 Å². The number of halogens is 2. The van der Waals surface area contributed by atoms with Crippen LogP contribution in [0.25, 0.3) is 0 Å². The van der Waals surface area contributed by atoms with Crippen LogP contribution in [0.15, 0.2) is 23.1 Å². The standard InChI is InChI=1S/C14H19F2NO4S2/c1-10(2)8-17(13-3-4-22(18,19)9-13)23(20,21)14-6-11(15)5-12(16)7-14/h5-7,10,13H,3-4,8-9H2,1-2H3/t13-/m1/s1. The summed E-state index contributed by atoms with van der Waals surface area (Å²) in [6, 6.07) is 1.37. The summed E-state index contributed by atoms with van der Waals surface area (Å²) in [6.07, 6.45) is 0.187. The maximum Gasteiger partial charge on any atom is 0.243 e. The third-order valence-electron chi connectivity index (χ3n) is 3.60. The monoisotopic (exact) mass is 367 g/mol. The highest BCUT2D eigenvalue weighted by atomic mass is 32.2. The second-order valence-corrected chi connectivity index (χ2v) is 10.2. The van der Waals surface area contributed by atoms with Crippen molar-refractivity contribution in [2.45, 2.75) is 31.2 Å². The second kappa shape index (κ2) is 6.45. The summed E-state index contributed by atoms with van der Waals surface area (Å²) in [5, 5.41) is 0. The molecule has 1 atom stereocenters. The van der Waals surface area contributed by atoms with E-state index in [2.05, 4.69) is 0 Å². The van der Waals surface area contributed by atoms with Crippen LogP contribution in [-0.4, -0.2) is 45.2 Å². The summed E-state index contributed by atoms with van der Waals surface area (Å²) >= 11 is 0. The summed E-state index contributed by atoms with van der Waals surface area (Å²) < 4.78 is 76.7. The first kappa shape index (κ1) is 18.3. The first-order chi connectivity index (χ1) is 10.5. The molecule has 1 heterocycles. The van der Waals surface area contributed by atoms with Gasteiger partial charge in [0.1, 0.15) is 11.6 Å². The quantitative estimate of drug-likeness (QED) is 0.796. The lowest BCUT2D eigenvalue weighted by Gasteiger charge is -2.29. The number of nitrogens with zero attached hydrogens (tertiary/aromatic N) is 1. The Labute approximate surface area is 135 Å². The molecule has 23 heavy (non-hydrogen) atoms. The van der Waals surface area contributed by atoms with Gasteiger partial charge < -0.3 is 0 Å². The van der Waals surface area contributed by atoms with Crippen LogP contribution in [0, 0.1) is 17.6 Å². The normalized spacial score (nSPS) is 21.2. The molecular formula is C14H19F2NO4S2. The zero-order chi connectivity index (χ0) is 17.4. The van der Waals surface area contributed by atoms with E-state index in [1.807, 2.05) is 0 Å². The van der Waals surface area contributed by atoms with Crippen LogP contribution in [-0.2, 0) is 19.9 Å². The van der Waals surface area contributed by atoms with Gasteiger partial charge in [-0.25, -0.2) is 25.6 Å². The molecule has 0 spiro atoms. The average molecular weight is 367 g/mol. The number of sulfonamides is 1. The maximum absolute atomic E-state index is 13.4. The highest BCUT2D eigenvalue weighted by Gasteiger charge is 2.39. The molecule has 0 aliphatic carbocycles. The molecular weight excluding hydrogens is 348 g/mol. The van der Waals surface area contributed by atoms with Crippen LogP contribution in [0.4, 0.5) is 8.78 Å². The zero-order valence-electron chi connectivity index (χ0n) is 12.9. The number of hydrogen-bond donors (Lipinski definition) is 0. The molecule has 1 saturated heterocycles. The van der Waals surface area contributed by atoms with Crippen molar-refractivity contribution in [3.63, 3.8) is 0 Å². The molecule has 5 nitrogen and oxygen atoms in total. The average Bonchev–Trinajstić information content (AvgIpc) is 2.74. The summed E-state index contributed by atoms with van der Waals surface area (Å²) in [4.78, 5) is -0.500. The van der Waals surface area contributed by atoms with Gasteiger partial charge >= 0.3 is 0 Å². The van der Waals surface area contributed by atoms with Crippen molar-refractivity contribution in [2.75, 3.05) is 18.1 Å². The Morgan fingerprint density at radius 3 is 2.22 bits per heavy atom. The van der Waals surface area contributed by atoms with Gasteiger partial charge in [-0.1, -0.05) is 13.8 Å². The number of rotatable bonds is 5. The Hall–Kier alpha value is -1.06. The van der Waals surface area contributed by atoms with Crippen LogP contribution < -0.4 is 0 Å². The van der Waals surface area contributed by atoms with Crippen molar-refractivity contribution < 1.29 is 25.6 Å². The lowest BCUT2D eigenvalue weighted by atomic mass is 10.2. The summed E-state index contributed by atoms with van der Waals surface area (Å²) in [5.41, 5.74) is 0. The van der Waals surface area contributed by atoms with Gasteiger partial charge in [0.05, 0.1) is 16.4 Å². The van der Waals surface area contributed by atoms with Crippen LogP contribution in [0.2, 0.25) is 0 Å². The van der Waals surface area contributed by atoms with Gasteiger partial charge in [-0.05, 0) is 24.5 Å². The molecule has 1 aromatic carbocycles. The van der Waals surface area contributed by atoms with E-state index in [0.717, 1.165) is 16.4 Å². The SMILES string of the molecule is CC(C)CN([C@@H]1CCS(=O)(=O)C1)S(=O)(=O)c1cc(F)cc(F)c1. The molecule has 1 fully saturated rings. The third kappa shape index (κ3) is 4.27. The fourth-order valence-electron chi connectivity index (χ4n) is 2.62. The fraction of sp³-hybridized carbons (Fsp3) is 0.571. The molecule has 0 radical (unpaired) electrons. The van der Waals surface area contributed by atoms with E-state index >= 15 is 0 Å². The minimum atomic E-state index is -4.19. The highest BCUT2D eigenvalue weighted by Crippen LogP contribution is 2.27.